The van der Waals surface area contributed by atoms with Crippen LogP contribution in [-0.2, 0) is 4.79 Å². The summed E-state index contributed by atoms with van der Waals surface area (Å²) in [6.45, 7) is 0.113. The molecule has 0 radical (unpaired) electrons. The summed E-state index contributed by atoms with van der Waals surface area (Å²) in [5.74, 6) is 1.07. The first-order valence-corrected chi connectivity index (χ1v) is 7.26. The minimum Gasteiger partial charge on any atom is -0.504 e. The third-order valence-corrected chi connectivity index (χ3v) is 3.39. The molecule has 7 nitrogen and oxygen atoms in total. The lowest BCUT2D eigenvalue weighted by Crippen LogP contribution is -2.42. The highest BCUT2D eigenvalue weighted by Gasteiger charge is 2.26. The normalized spacial score (nSPS) is 16.0. The zero-order valence-electron chi connectivity index (χ0n) is 12.9. The van der Waals surface area contributed by atoms with Crippen LogP contribution in [0.15, 0.2) is 47.6 Å². The fraction of sp³-hybridized carbons (Fsp3) is 0.176. The SMILES string of the molecule is COc1ccc(/C=N\NC(=O)C2COc3ccccc3O2)cc1O. The number of nitrogens with zero attached hydrogens (tertiary/aromatic N) is 1. The van der Waals surface area contributed by atoms with Gasteiger partial charge in [-0.25, -0.2) is 5.43 Å². The van der Waals surface area contributed by atoms with Crippen molar-refractivity contribution in [2.45, 2.75) is 6.10 Å². The number of fused-ring (bicyclic) bond motifs is 1. The second-order valence-corrected chi connectivity index (χ2v) is 5.03. The standard InChI is InChI=1S/C17H16N2O5/c1-22-13-7-6-11(8-12(13)20)9-18-19-17(21)16-10-23-14-4-2-3-5-15(14)24-16/h2-9,16,20H,10H2,1H3,(H,19,21)/b18-9-. The van der Waals surface area contributed by atoms with Crippen LogP contribution in [0.3, 0.4) is 0 Å². The maximum absolute atomic E-state index is 12.1. The first kappa shape index (κ1) is 15.7. The number of phenolic OH excluding ortho intramolecular Hbond substituents is 1. The van der Waals surface area contributed by atoms with Gasteiger partial charge in [0.15, 0.2) is 23.0 Å². The Bertz CT molecular complexity index is 775. The predicted octanol–water partition coefficient (Wildman–Crippen LogP) is 1.69. The summed E-state index contributed by atoms with van der Waals surface area (Å²) in [6, 6.07) is 11.9. The molecule has 0 aromatic heterocycles. The Morgan fingerprint density at radius 2 is 2.12 bits per heavy atom. The highest BCUT2D eigenvalue weighted by atomic mass is 16.6. The lowest BCUT2D eigenvalue weighted by molar-refractivity contribution is -0.130. The Hall–Kier alpha value is -3.22. The van der Waals surface area contributed by atoms with E-state index in [1.165, 1.54) is 19.4 Å². The van der Waals surface area contributed by atoms with Crippen LogP contribution < -0.4 is 19.6 Å². The van der Waals surface area contributed by atoms with E-state index in [1.807, 2.05) is 6.07 Å². The van der Waals surface area contributed by atoms with Crippen LogP contribution in [0.5, 0.6) is 23.0 Å². The number of aromatic hydroxyl groups is 1. The molecule has 1 aliphatic rings. The molecule has 0 aliphatic carbocycles. The molecule has 1 aliphatic heterocycles. The molecule has 2 N–H and O–H groups in total. The van der Waals surface area contributed by atoms with E-state index >= 15 is 0 Å². The zero-order chi connectivity index (χ0) is 16.9. The molecule has 0 spiro atoms. The fourth-order valence-electron chi connectivity index (χ4n) is 2.18. The Kier molecular flexibility index (Phi) is 4.51. The molecule has 0 saturated carbocycles. The Morgan fingerprint density at radius 1 is 1.33 bits per heavy atom. The molecule has 0 fully saturated rings. The van der Waals surface area contributed by atoms with E-state index in [9.17, 15) is 9.90 Å². The Labute approximate surface area is 138 Å². The number of benzene rings is 2. The number of phenols is 1. The lowest BCUT2D eigenvalue weighted by atomic mass is 10.2. The third kappa shape index (κ3) is 3.40. The molecule has 24 heavy (non-hydrogen) atoms. The van der Waals surface area contributed by atoms with Gasteiger partial charge in [0, 0.05) is 0 Å². The van der Waals surface area contributed by atoms with Gasteiger partial charge in [-0.3, -0.25) is 4.79 Å². The van der Waals surface area contributed by atoms with E-state index in [-0.39, 0.29) is 12.4 Å². The molecular weight excluding hydrogens is 312 g/mol. The van der Waals surface area contributed by atoms with Crippen molar-refractivity contribution >= 4 is 12.1 Å². The minimum absolute atomic E-state index is 0.00611. The van der Waals surface area contributed by atoms with Gasteiger partial charge in [0.2, 0.25) is 6.10 Å². The molecule has 1 heterocycles. The number of nitrogens with one attached hydrogen (secondary N) is 1. The summed E-state index contributed by atoms with van der Waals surface area (Å²) in [7, 11) is 1.47. The quantitative estimate of drug-likeness (QED) is 0.658. The van der Waals surface area contributed by atoms with Crippen LogP contribution in [0.25, 0.3) is 0 Å². The number of rotatable bonds is 4. The number of ether oxygens (including phenoxy) is 3. The van der Waals surface area contributed by atoms with Gasteiger partial charge in [-0.15, -0.1) is 0 Å². The van der Waals surface area contributed by atoms with Crippen LogP contribution in [0.1, 0.15) is 5.56 Å². The third-order valence-electron chi connectivity index (χ3n) is 3.39. The first-order chi connectivity index (χ1) is 11.7. The summed E-state index contributed by atoms with van der Waals surface area (Å²) >= 11 is 0. The van der Waals surface area contributed by atoms with Crippen molar-refractivity contribution in [2.75, 3.05) is 13.7 Å². The summed E-state index contributed by atoms with van der Waals surface area (Å²) in [4.78, 5) is 12.1. The van der Waals surface area contributed by atoms with E-state index in [1.54, 1.807) is 30.3 Å². The molecule has 124 valence electrons. The van der Waals surface area contributed by atoms with Gasteiger partial charge in [0.05, 0.1) is 13.3 Å². The summed E-state index contributed by atoms with van der Waals surface area (Å²) in [6.07, 6.45) is 0.635. The summed E-state index contributed by atoms with van der Waals surface area (Å²) < 4.78 is 16.0. The van der Waals surface area contributed by atoms with Crippen molar-refractivity contribution in [1.82, 2.24) is 5.43 Å². The minimum atomic E-state index is -0.777. The highest BCUT2D eigenvalue weighted by Crippen LogP contribution is 2.30. The number of amides is 1. The molecule has 1 unspecified atom stereocenters. The zero-order valence-corrected chi connectivity index (χ0v) is 12.9. The van der Waals surface area contributed by atoms with Crippen LogP contribution >= 0.6 is 0 Å². The number of hydrazone groups is 1. The smallest absolute Gasteiger partial charge is 0.284 e. The number of methoxy groups -OCH3 is 1. The lowest BCUT2D eigenvalue weighted by Gasteiger charge is -2.24. The second-order valence-electron chi connectivity index (χ2n) is 5.03. The van der Waals surface area contributed by atoms with E-state index in [2.05, 4.69) is 10.5 Å². The summed E-state index contributed by atoms with van der Waals surface area (Å²) in [5, 5.41) is 13.5. The van der Waals surface area contributed by atoms with E-state index in [0.717, 1.165) is 0 Å². The molecule has 1 atom stereocenters. The van der Waals surface area contributed by atoms with E-state index in [4.69, 9.17) is 14.2 Å². The van der Waals surface area contributed by atoms with Crippen LogP contribution in [0, 0.1) is 0 Å². The number of carbonyl (C=O) groups excluding carboxylic acids is 1. The largest absolute Gasteiger partial charge is 0.504 e. The maximum Gasteiger partial charge on any atom is 0.284 e. The second kappa shape index (κ2) is 6.91. The van der Waals surface area contributed by atoms with Crippen molar-refractivity contribution in [2.24, 2.45) is 5.10 Å². The molecule has 3 rings (SSSR count). The fourth-order valence-corrected chi connectivity index (χ4v) is 2.18. The molecule has 2 aromatic carbocycles. The van der Waals surface area contributed by atoms with Gasteiger partial charge in [-0.1, -0.05) is 12.1 Å². The Morgan fingerprint density at radius 3 is 2.88 bits per heavy atom. The van der Waals surface area contributed by atoms with Gasteiger partial charge >= 0.3 is 0 Å². The molecule has 1 amide bonds. The van der Waals surface area contributed by atoms with Crippen LogP contribution in [0.4, 0.5) is 0 Å². The van der Waals surface area contributed by atoms with Gasteiger partial charge in [-0.2, -0.15) is 5.10 Å². The van der Waals surface area contributed by atoms with Crippen LogP contribution in [-0.4, -0.2) is 37.0 Å². The van der Waals surface area contributed by atoms with Crippen molar-refractivity contribution in [1.29, 1.82) is 0 Å². The first-order valence-electron chi connectivity index (χ1n) is 7.26. The molecule has 7 heteroatoms. The average Bonchev–Trinajstić information content (AvgIpc) is 2.61. The number of carbonyl (C=O) groups is 1. The molecule has 2 aromatic rings. The van der Waals surface area contributed by atoms with E-state index in [0.29, 0.717) is 22.8 Å². The number of para-hydroxylation sites is 2. The molecular formula is C17H16N2O5. The highest BCUT2D eigenvalue weighted by molar-refractivity contribution is 5.85. The predicted molar refractivity (Wildman–Crippen MR) is 86.7 cm³/mol. The topological polar surface area (TPSA) is 89.4 Å². The average molecular weight is 328 g/mol. The number of hydrogen-bond donors (Lipinski definition) is 2. The van der Waals surface area contributed by atoms with Gasteiger partial charge < -0.3 is 19.3 Å². The van der Waals surface area contributed by atoms with Gasteiger partial charge in [-0.05, 0) is 35.9 Å². The van der Waals surface area contributed by atoms with Crippen LogP contribution in [0.2, 0.25) is 0 Å². The number of hydrogen-bond acceptors (Lipinski definition) is 6. The van der Waals surface area contributed by atoms with E-state index < -0.39 is 12.0 Å². The molecule has 0 bridgehead atoms. The van der Waals surface area contributed by atoms with Gasteiger partial charge in [0.25, 0.3) is 5.91 Å². The maximum atomic E-state index is 12.1. The van der Waals surface area contributed by atoms with Crippen molar-refractivity contribution in [3.8, 4) is 23.0 Å². The van der Waals surface area contributed by atoms with Crippen molar-refractivity contribution < 1.29 is 24.1 Å². The molecule has 0 saturated heterocycles. The van der Waals surface area contributed by atoms with Crippen molar-refractivity contribution in [3.05, 3.63) is 48.0 Å². The van der Waals surface area contributed by atoms with Crippen molar-refractivity contribution in [3.63, 3.8) is 0 Å². The van der Waals surface area contributed by atoms with Gasteiger partial charge in [0.1, 0.15) is 6.61 Å². The summed E-state index contributed by atoms with van der Waals surface area (Å²) in [5.41, 5.74) is 3.00. The monoisotopic (exact) mass is 328 g/mol. The Balaban J connectivity index is 1.59.